The molecule has 2 heteroatoms. The average Bonchev–Trinajstić information content (AvgIpc) is 3.21. The van der Waals surface area contributed by atoms with Gasteiger partial charge in [0.15, 0.2) is 5.78 Å². The highest BCUT2D eigenvalue weighted by molar-refractivity contribution is 5.96. The Morgan fingerprint density at radius 2 is 1.63 bits per heavy atom. The van der Waals surface area contributed by atoms with Crippen molar-refractivity contribution in [2.24, 2.45) is 16.8 Å². The standard InChI is InChI=1S/C36H43NO/c1-26-9-6-13-30(14-7-10-26)31-20-17-28(18-21-31)19-23-33-16-8-15-32-22-24-36(38)34(25-35(32)37-33)27(2)29-11-4-3-5-12-29/h3-5,11-12,15,17-18,20-22,24-27,30,34H,6-10,13-14,16,19,23H2,1-2H3. The van der Waals surface area contributed by atoms with Gasteiger partial charge in [-0.3, -0.25) is 9.79 Å². The number of aryl methyl sites for hydroxylation is 1. The highest BCUT2D eigenvalue weighted by Gasteiger charge is 2.26. The van der Waals surface area contributed by atoms with Crippen molar-refractivity contribution in [3.63, 3.8) is 0 Å². The first-order valence-electron chi connectivity index (χ1n) is 14.9. The minimum atomic E-state index is -0.193. The van der Waals surface area contributed by atoms with Gasteiger partial charge >= 0.3 is 0 Å². The van der Waals surface area contributed by atoms with Crippen LogP contribution >= 0.6 is 0 Å². The van der Waals surface area contributed by atoms with Gasteiger partial charge in [0, 0.05) is 11.6 Å². The third kappa shape index (κ3) is 6.70. The van der Waals surface area contributed by atoms with Gasteiger partial charge in [0.25, 0.3) is 0 Å². The van der Waals surface area contributed by atoms with E-state index >= 15 is 0 Å². The zero-order valence-electron chi connectivity index (χ0n) is 23.2. The molecule has 198 valence electrons. The average molecular weight is 506 g/mol. The molecule has 2 nitrogen and oxygen atoms in total. The monoisotopic (exact) mass is 505 g/mol. The van der Waals surface area contributed by atoms with Crippen molar-refractivity contribution < 1.29 is 4.79 Å². The van der Waals surface area contributed by atoms with Crippen molar-refractivity contribution >= 4 is 11.5 Å². The second-order valence-electron chi connectivity index (χ2n) is 11.8. The number of allylic oxidation sites excluding steroid dienone is 4. The molecule has 0 N–H and O–H groups in total. The summed E-state index contributed by atoms with van der Waals surface area (Å²) in [6.07, 6.45) is 20.3. The minimum Gasteiger partial charge on any atom is -0.294 e. The SMILES string of the molecule is CC1CCCC(c2ccc(CCC3=NC4=CC(C(C)c5ccccc5)C(=O)C=CC4=CCC3)cc2)CCC1. The third-order valence-corrected chi connectivity index (χ3v) is 8.98. The zero-order chi connectivity index (χ0) is 26.3. The van der Waals surface area contributed by atoms with E-state index in [1.807, 2.05) is 24.3 Å². The summed E-state index contributed by atoms with van der Waals surface area (Å²) in [4.78, 5) is 18.2. The summed E-state index contributed by atoms with van der Waals surface area (Å²) in [5.74, 6) is 1.72. The van der Waals surface area contributed by atoms with Crippen LogP contribution in [0, 0.1) is 11.8 Å². The summed E-state index contributed by atoms with van der Waals surface area (Å²) in [5.41, 5.74) is 7.43. The number of ketones is 1. The summed E-state index contributed by atoms with van der Waals surface area (Å²) in [6, 6.07) is 19.8. The van der Waals surface area contributed by atoms with Gasteiger partial charge in [-0.15, -0.1) is 0 Å². The van der Waals surface area contributed by atoms with Crippen LogP contribution in [0.5, 0.6) is 0 Å². The molecule has 1 heterocycles. The first-order valence-corrected chi connectivity index (χ1v) is 14.9. The van der Waals surface area contributed by atoms with E-state index in [2.05, 4.69) is 62.4 Å². The number of carbonyl (C=O) groups excluding carboxylic acids is 1. The van der Waals surface area contributed by atoms with Crippen LogP contribution in [0.15, 0.2) is 95.2 Å². The van der Waals surface area contributed by atoms with Gasteiger partial charge in [-0.2, -0.15) is 0 Å². The number of benzene rings is 2. The molecule has 0 spiro atoms. The number of fused-ring (bicyclic) bond motifs is 1. The number of hydrogen-bond donors (Lipinski definition) is 0. The molecule has 2 aromatic rings. The van der Waals surface area contributed by atoms with Crippen molar-refractivity contribution in [1.29, 1.82) is 0 Å². The number of aliphatic imine (C=N–C) groups is 1. The Kier molecular flexibility index (Phi) is 8.89. The van der Waals surface area contributed by atoms with E-state index in [1.54, 1.807) is 6.08 Å². The molecule has 2 aromatic carbocycles. The van der Waals surface area contributed by atoms with Gasteiger partial charge in [-0.25, -0.2) is 0 Å². The molecular weight excluding hydrogens is 462 g/mol. The number of carbonyl (C=O) groups is 1. The molecule has 1 fully saturated rings. The summed E-state index contributed by atoms with van der Waals surface area (Å²) in [7, 11) is 0. The molecular formula is C36H43NO. The Morgan fingerprint density at radius 1 is 0.895 bits per heavy atom. The molecule has 0 amide bonds. The van der Waals surface area contributed by atoms with Crippen LogP contribution < -0.4 is 0 Å². The Balaban J connectivity index is 1.27. The lowest BCUT2D eigenvalue weighted by atomic mass is 9.83. The van der Waals surface area contributed by atoms with Crippen molar-refractivity contribution in [1.82, 2.24) is 0 Å². The van der Waals surface area contributed by atoms with Gasteiger partial charge < -0.3 is 0 Å². The summed E-state index contributed by atoms with van der Waals surface area (Å²) >= 11 is 0. The van der Waals surface area contributed by atoms with E-state index in [4.69, 9.17) is 4.99 Å². The van der Waals surface area contributed by atoms with Crippen LogP contribution in [0.1, 0.15) is 100 Å². The first kappa shape index (κ1) is 26.6. The maximum Gasteiger partial charge on any atom is 0.163 e. The molecule has 2 unspecified atom stereocenters. The fourth-order valence-electron chi connectivity index (χ4n) is 6.44. The summed E-state index contributed by atoms with van der Waals surface area (Å²) < 4.78 is 0. The van der Waals surface area contributed by atoms with E-state index < -0.39 is 0 Å². The van der Waals surface area contributed by atoms with Crippen molar-refractivity contribution in [2.45, 2.75) is 89.9 Å². The van der Waals surface area contributed by atoms with Gasteiger partial charge in [-0.05, 0) is 96.8 Å². The summed E-state index contributed by atoms with van der Waals surface area (Å²) in [6.45, 7) is 4.57. The molecule has 3 aliphatic rings. The van der Waals surface area contributed by atoms with Gasteiger partial charge in [-0.1, -0.05) is 100 Å². The smallest absolute Gasteiger partial charge is 0.163 e. The third-order valence-electron chi connectivity index (χ3n) is 8.98. The van der Waals surface area contributed by atoms with E-state index in [-0.39, 0.29) is 17.6 Å². The van der Waals surface area contributed by atoms with Crippen LogP contribution in [0.25, 0.3) is 0 Å². The van der Waals surface area contributed by atoms with E-state index in [1.165, 1.54) is 60.9 Å². The molecule has 5 rings (SSSR count). The lowest BCUT2D eigenvalue weighted by Crippen LogP contribution is -2.17. The normalized spacial score (nSPS) is 25.1. The predicted molar refractivity (Wildman–Crippen MR) is 160 cm³/mol. The highest BCUT2D eigenvalue weighted by atomic mass is 16.1. The summed E-state index contributed by atoms with van der Waals surface area (Å²) in [5, 5.41) is 0. The Morgan fingerprint density at radius 3 is 2.37 bits per heavy atom. The fraction of sp³-hybridized carbons (Fsp3) is 0.444. The molecule has 1 aliphatic heterocycles. The maximum atomic E-state index is 13.0. The van der Waals surface area contributed by atoms with Crippen LogP contribution in [0.4, 0.5) is 0 Å². The van der Waals surface area contributed by atoms with Crippen LogP contribution in [-0.4, -0.2) is 11.5 Å². The lowest BCUT2D eigenvalue weighted by molar-refractivity contribution is -0.117. The van der Waals surface area contributed by atoms with E-state index in [9.17, 15) is 4.79 Å². The van der Waals surface area contributed by atoms with Crippen molar-refractivity contribution in [3.8, 4) is 0 Å². The maximum absolute atomic E-state index is 13.0. The van der Waals surface area contributed by atoms with Gasteiger partial charge in [0.05, 0.1) is 5.70 Å². The van der Waals surface area contributed by atoms with Crippen LogP contribution in [0.2, 0.25) is 0 Å². The molecule has 0 aromatic heterocycles. The number of rotatable bonds is 6. The quantitative estimate of drug-likeness (QED) is 0.384. The van der Waals surface area contributed by atoms with Crippen molar-refractivity contribution in [2.75, 3.05) is 0 Å². The molecule has 2 atom stereocenters. The van der Waals surface area contributed by atoms with Crippen molar-refractivity contribution in [3.05, 3.63) is 107 Å². The molecule has 0 radical (unpaired) electrons. The topological polar surface area (TPSA) is 29.4 Å². The Labute approximate surface area is 229 Å². The van der Waals surface area contributed by atoms with Gasteiger partial charge in [0.1, 0.15) is 0 Å². The fourth-order valence-corrected chi connectivity index (χ4v) is 6.44. The zero-order valence-corrected chi connectivity index (χ0v) is 23.2. The largest absolute Gasteiger partial charge is 0.294 e. The number of nitrogens with zero attached hydrogens (tertiary/aromatic N) is 1. The molecule has 1 saturated carbocycles. The lowest BCUT2D eigenvalue weighted by Gasteiger charge is -2.23. The minimum absolute atomic E-state index is 0.113. The highest BCUT2D eigenvalue weighted by Crippen LogP contribution is 2.34. The van der Waals surface area contributed by atoms with E-state index in [0.29, 0.717) is 0 Å². The van der Waals surface area contributed by atoms with Crippen LogP contribution in [-0.2, 0) is 11.2 Å². The molecule has 0 saturated heterocycles. The Hall–Kier alpha value is -3.00. The first-order chi connectivity index (χ1) is 18.6. The second-order valence-corrected chi connectivity index (χ2v) is 11.8. The second kappa shape index (κ2) is 12.7. The Bertz CT molecular complexity index is 1200. The predicted octanol–water partition coefficient (Wildman–Crippen LogP) is 9.30. The number of hydrogen-bond acceptors (Lipinski definition) is 2. The van der Waals surface area contributed by atoms with Crippen LogP contribution in [0.3, 0.4) is 0 Å². The molecule has 38 heavy (non-hydrogen) atoms. The van der Waals surface area contributed by atoms with Gasteiger partial charge in [0.2, 0.25) is 0 Å². The molecule has 2 aliphatic carbocycles. The van der Waals surface area contributed by atoms with E-state index in [0.717, 1.165) is 48.8 Å². The molecule has 0 bridgehead atoms.